The van der Waals surface area contributed by atoms with Crippen molar-refractivity contribution in [1.29, 1.82) is 0 Å². The van der Waals surface area contributed by atoms with E-state index in [0.29, 0.717) is 30.0 Å². The summed E-state index contributed by atoms with van der Waals surface area (Å²) in [5, 5.41) is 5.73. The van der Waals surface area contributed by atoms with Crippen LogP contribution in [0.4, 0.5) is 11.4 Å². The number of ether oxygens (including phenoxy) is 1. The van der Waals surface area contributed by atoms with Gasteiger partial charge in [-0.1, -0.05) is 22.0 Å². The molecule has 27 heavy (non-hydrogen) atoms. The average molecular weight is 434 g/mol. The summed E-state index contributed by atoms with van der Waals surface area (Å²) >= 11 is 3.36. The number of methoxy groups -OCH3 is 1. The Morgan fingerprint density at radius 3 is 2.56 bits per heavy atom. The molecule has 144 valence electrons. The zero-order chi connectivity index (χ0) is 19.8. The number of rotatable bonds is 8. The number of halogens is 1. The lowest BCUT2D eigenvalue weighted by atomic mass is 10.1. The predicted octanol–water partition coefficient (Wildman–Crippen LogP) is 3.53. The summed E-state index contributed by atoms with van der Waals surface area (Å²) in [5.41, 5.74) is 2.38. The molecule has 0 aliphatic rings. The van der Waals surface area contributed by atoms with Gasteiger partial charge in [-0.05, 0) is 42.8 Å². The highest BCUT2D eigenvalue weighted by Gasteiger charge is 2.15. The molecule has 0 radical (unpaired) electrons. The minimum atomic E-state index is -0.236. The number of hydrogen-bond acceptors (Lipinski definition) is 4. The van der Waals surface area contributed by atoms with Gasteiger partial charge in [0.25, 0.3) is 11.8 Å². The molecule has 2 aromatic carbocycles. The van der Waals surface area contributed by atoms with Crippen molar-refractivity contribution in [1.82, 2.24) is 5.32 Å². The first-order chi connectivity index (χ1) is 12.9. The monoisotopic (exact) mass is 433 g/mol. The summed E-state index contributed by atoms with van der Waals surface area (Å²) in [6.07, 6.45) is 0.735. The van der Waals surface area contributed by atoms with Crippen LogP contribution in [-0.2, 0) is 4.74 Å². The van der Waals surface area contributed by atoms with E-state index in [1.807, 2.05) is 31.1 Å². The Balaban J connectivity index is 2.18. The Bertz CT molecular complexity index is 809. The van der Waals surface area contributed by atoms with Crippen molar-refractivity contribution < 1.29 is 14.3 Å². The molecule has 2 amide bonds. The van der Waals surface area contributed by atoms with Crippen LogP contribution in [0.15, 0.2) is 46.9 Å². The first-order valence-corrected chi connectivity index (χ1v) is 9.37. The van der Waals surface area contributed by atoms with Crippen molar-refractivity contribution in [3.8, 4) is 0 Å². The summed E-state index contributed by atoms with van der Waals surface area (Å²) in [6, 6.07) is 12.4. The number of carbonyl (C=O) groups excluding carboxylic acids is 2. The molecule has 0 aromatic heterocycles. The third-order valence-electron chi connectivity index (χ3n) is 3.88. The first-order valence-electron chi connectivity index (χ1n) is 8.58. The third kappa shape index (κ3) is 6.08. The van der Waals surface area contributed by atoms with Gasteiger partial charge in [-0.25, -0.2) is 0 Å². The summed E-state index contributed by atoms with van der Waals surface area (Å²) in [6.45, 7) is 1.11. The molecular weight excluding hydrogens is 410 g/mol. The quantitative estimate of drug-likeness (QED) is 0.624. The fraction of sp³-hybridized carbons (Fsp3) is 0.300. The minimum absolute atomic E-state index is 0.187. The summed E-state index contributed by atoms with van der Waals surface area (Å²) in [7, 11) is 5.37. The third-order valence-corrected chi connectivity index (χ3v) is 4.37. The van der Waals surface area contributed by atoms with Crippen LogP contribution in [0, 0.1) is 0 Å². The second kappa shape index (κ2) is 10.1. The van der Waals surface area contributed by atoms with E-state index in [4.69, 9.17) is 4.74 Å². The standard InChI is InChI=1S/C20H24BrN3O3/c1-24(2)18-9-8-16(13-17(18)20(26)22-10-5-11-27-3)23-19(25)14-6-4-7-15(21)12-14/h4,6-9,12-13H,5,10-11H2,1-3H3,(H,22,26)(H,23,25). The maximum Gasteiger partial charge on any atom is 0.255 e. The highest BCUT2D eigenvalue weighted by Crippen LogP contribution is 2.23. The van der Waals surface area contributed by atoms with E-state index in [1.165, 1.54) is 0 Å². The van der Waals surface area contributed by atoms with Gasteiger partial charge in [0.2, 0.25) is 0 Å². The highest BCUT2D eigenvalue weighted by atomic mass is 79.9. The lowest BCUT2D eigenvalue weighted by Gasteiger charge is -2.18. The molecule has 7 heteroatoms. The molecular formula is C20H24BrN3O3. The SMILES string of the molecule is COCCCNC(=O)c1cc(NC(=O)c2cccc(Br)c2)ccc1N(C)C. The molecule has 0 heterocycles. The first kappa shape index (κ1) is 20.9. The molecule has 2 aromatic rings. The second-order valence-electron chi connectivity index (χ2n) is 6.19. The van der Waals surface area contributed by atoms with Crippen molar-refractivity contribution in [2.75, 3.05) is 44.6 Å². The van der Waals surface area contributed by atoms with Gasteiger partial charge < -0.3 is 20.3 Å². The Hall–Kier alpha value is -2.38. The highest BCUT2D eigenvalue weighted by molar-refractivity contribution is 9.10. The maximum absolute atomic E-state index is 12.6. The second-order valence-corrected chi connectivity index (χ2v) is 7.11. The normalized spacial score (nSPS) is 10.4. The van der Waals surface area contributed by atoms with Gasteiger partial charge in [0, 0.05) is 55.8 Å². The van der Waals surface area contributed by atoms with Crippen LogP contribution in [0.2, 0.25) is 0 Å². The Labute approximate surface area is 168 Å². The van der Waals surface area contributed by atoms with Gasteiger partial charge in [0.05, 0.1) is 5.56 Å². The van der Waals surface area contributed by atoms with E-state index in [0.717, 1.165) is 16.6 Å². The number of benzene rings is 2. The molecule has 0 aliphatic heterocycles. The molecule has 0 aliphatic carbocycles. The number of nitrogens with zero attached hydrogens (tertiary/aromatic N) is 1. The van der Waals surface area contributed by atoms with Gasteiger partial charge in [-0.3, -0.25) is 9.59 Å². The zero-order valence-corrected chi connectivity index (χ0v) is 17.3. The van der Waals surface area contributed by atoms with Gasteiger partial charge in [0.1, 0.15) is 0 Å². The van der Waals surface area contributed by atoms with Crippen molar-refractivity contribution in [3.05, 3.63) is 58.1 Å². The van der Waals surface area contributed by atoms with Crippen LogP contribution >= 0.6 is 15.9 Å². The van der Waals surface area contributed by atoms with E-state index in [2.05, 4.69) is 26.6 Å². The van der Waals surface area contributed by atoms with Crippen LogP contribution in [-0.4, -0.2) is 46.2 Å². The summed E-state index contributed by atoms with van der Waals surface area (Å²) < 4.78 is 5.82. The Morgan fingerprint density at radius 2 is 1.89 bits per heavy atom. The molecule has 0 saturated carbocycles. The molecule has 2 rings (SSSR count). The molecule has 0 atom stereocenters. The fourth-order valence-electron chi connectivity index (χ4n) is 2.53. The van der Waals surface area contributed by atoms with Crippen molar-refractivity contribution in [2.45, 2.75) is 6.42 Å². The minimum Gasteiger partial charge on any atom is -0.385 e. The fourth-order valence-corrected chi connectivity index (χ4v) is 2.93. The molecule has 6 nitrogen and oxygen atoms in total. The number of nitrogens with one attached hydrogen (secondary N) is 2. The lowest BCUT2D eigenvalue weighted by molar-refractivity contribution is 0.0947. The van der Waals surface area contributed by atoms with Crippen LogP contribution in [0.1, 0.15) is 27.1 Å². The molecule has 0 spiro atoms. The van der Waals surface area contributed by atoms with Gasteiger partial charge >= 0.3 is 0 Å². The number of amides is 2. The lowest BCUT2D eigenvalue weighted by Crippen LogP contribution is -2.27. The molecule has 0 fully saturated rings. The Morgan fingerprint density at radius 1 is 1.11 bits per heavy atom. The van der Waals surface area contributed by atoms with Gasteiger partial charge in [-0.15, -0.1) is 0 Å². The largest absolute Gasteiger partial charge is 0.385 e. The maximum atomic E-state index is 12.6. The zero-order valence-electron chi connectivity index (χ0n) is 15.7. The van der Waals surface area contributed by atoms with Crippen molar-refractivity contribution >= 4 is 39.1 Å². The topological polar surface area (TPSA) is 70.7 Å². The molecule has 0 bridgehead atoms. The number of anilines is 2. The smallest absolute Gasteiger partial charge is 0.255 e. The average Bonchev–Trinajstić information content (AvgIpc) is 2.64. The Kier molecular flexibility index (Phi) is 7.82. The molecule has 0 saturated heterocycles. The van der Waals surface area contributed by atoms with Crippen LogP contribution in [0.25, 0.3) is 0 Å². The van der Waals surface area contributed by atoms with E-state index in [1.54, 1.807) is 37.4 Å². The van der Waals surface area contributed by atoms with Crippen molar-refractivity contribution in [2.24, 2.45) is 0 Å². The van der Waals surface area contributed by atoms with E-state index >= 15 is 0 Å². The van der Waals surface area contributed by atoms with Crippen LogP contribution in [0.5, 0.6) is 0 Å². The van der Waals surface area contributed by atoms with Gasteiger partial charge in [0.15, 0.2) is 0 Å². The summed E-state index contributed by atoms with van der Waals surface area (Å²) in [4.78, 5) is 26.9. The molecule has 0 unspecified atom stereocenters. The predicted molar refractivity (Wildman–Crippen MR) is 112 cm³/mol. The molecule has 2 N–H and O–H groups in total. The van der Waals surface area contributed by atoms with Crippen LogP contribution in [0.3, 0.4) is 0 Å². The van der Waals surface area contributed by atoms with Crippen LogP contribution < -0.4 is 15.5 Å². The van der Waals surface area contributed by atoms with Gasteiger partial charge in [-0.2, -0.15) is 0 Å². The number of carbonyl (C=O) groups is 2. The van der Waals surface area contributed by atoms with Crippen molar-refractivity contribution in [3.63, 3.8) is 0 Å². The van der Waals surface area contributed by atoms with E-state index < -0.39 is 0 Å². The van der Waals surface area contributed by atoms with E-state index in [9.17, 15) is 9.59 Å². The summed E-state index contributed by atoms with van der Waals surface area (Å²) in [5.74, 6) is -0.422. The van der Waals surface area contributed by atoms with E-state index in [-0.39, 0.29) is 11.8 Å². The number of hydrogen-bond donors (Lipinski definition) is 2.